The predicted octanol–water partition coefficient (Wildman–Crippen LogP) is 2.71. The number of hydrogen-bond donors (Lipinski definition) is 2. The first-order valence-electron chi connectivity index (χ1n) is 10.00. The molecule has 28 heavy (non-hydrogen) atoms. The zero-order chi connectivity index (χ0) is 20.5. The van der Waals surface area contributed by atoms with Gasteiger partial charge in [0.25, 0.3) is 0 Å². The first-order valence-corrected chi connectivity index (χ1v) is 10.00. The van der Waals surface area contributed by atoms with Gasteiger partial charge in [0.15, 0.2) is 0 Å². The molecular weight excluding hydrogens is 354 g/mol. The Morgan fingerprint density at radius 3 is 2.71 bits per heavy atom. The normalized spacial score (nSPS) is 21.9. The third-order valence-corrected chi connectivity index (χ3v) is 5.54. The van der Waals surface area contributed by atoms with Gasteiger partial charge in [0, 0.05) is 39.0 Å². The minimum atomic E-state index is -0.0898. The van der Waals surface area contributed by atoms with E-state index in [-0.39, 0.29) is 30.3 Å². The zero-order valence-corrected chi connectivity index (χ0v) is 17.4. The lowest BCUT2D eigenvalue weighted by Crippen LogP contribution is -2.38. The number of nitrogens with zero attached hydrogens (tertiary/aromatic N) is 1. The molecule has 1 aromatic rings. The Hall–Kier alpha value is -2.21. The predicted molar refractivity (Wildman–Crippen MR) is 109 cm³/mol. The molecule has 0 aromatic carbocycles. The van der Waals surface area contributed by atoms with Crippen molar-refractivity contribution in [3.63, 3.8) is 0 Å². The topological polar surface area (TPSA) is 80.3 Å². The molecule has 0 saturated heterocycles. The van der Waals surface area contributed by atoms with Crippen molar-refractivity contribution < 1.29 is 14.3 Å². The SMILES string of the molecule is COCC(=O)NC[C@@H]1C=C(C)[C@H](CC(=O)NCc2cccnc2)C[C@H]1C(C)C. The molecule has 0 saturated carbocycles. The molecule has 1 heterocycles. The van der Waals surface area contributed by atoms with Gasteiger partial charge in [-0.15, -0.1) is 0 Å². The van der Waals surface area contributed by atoms with Crippen LogP contribution in [0.2, 0.25) is 0 Å². The van der Waals surface area contributed by atoms with Crippen molar-refractivity contribution in [3.05, 3.63) is 41.7 Å². The van der Waals surface area contributed by atoms with E-state index in [9.17, 15) is 9.59 Å². The van der Waals surface area contributed by atoms with Gasteiger partial charge in [-0.1, -0.05) is 31.6 Å². The van der Waals surface area contributed by atoms with Crippen LogP contribution in [0.1, 0.15) is 39.2 Å². The summed E-state index contributed by atoms with van der Waals surface area (Å²) in [4.78, 5) is 28.2. The summed E-state index contributed by atoms with van der Waals surface area (Å²) in [5.74, 6) is 1.42. The van der Waals surface area contributed by atoms with Gasteiger partial charge in [-0.05, 0) is 48.6 Å². The summed E-state index contributed by atoms with van der Waals surface area (Å²) in [6, 6.07) is 3.82. The van der Waals surface area contributed by atoms with Crippen LogP contribution in [0.15, 0.2) is 36.2 Å². The van der Waals surface area contributed by atoms with E-state index in [0.717, 1.165) is 12.0 Å². The maximum absolute atomic E-state index is 12.4. The molecule has 2 amide bonds. The zero-order valence-electron chi connectivity index (χ0n) is 17.4. The van der Waals surface area contributed by atoms with Crippen molar-refractivity contribution in [1.82, 2.24) is 15.6 Å². The first kappa shape index (κ1) is 22.1. The van der Waals surface area contributed by atoms with E-state index in [0.29, 0.717) is 31.3 Å². The van der Waals surface area contributed by atoms with Crippen LogP contribution in [0.3, 0.4) is 0 Å². The van der Waals surface area contributed by atoms with Crippen LogP contribution in [-0.2, 0) is 20.9 Å². The van der Waals surface area contributed by atoms with Gasteiger partial charge in [-0.3, -0.25) is 14.6 Å². The standard InChI is InChI=1S/C22H33N3O3/c1-15(2)20-9-18(10-21(26)24-12-17-6-5-7-23-11-17)16(3)8-19(20)13-25-22(27)14-28-4/h5-8,11,15,18-20H,9-10,12-14H2,1-4H3,(H,24,26)(H,25,27)/t18-,19-,20-/m0/s1. The van der Waals surface area contributed by atoms with Gasteiger partial charge in [0.05, 0.1) is 0 Å². The minimum absolute atomic E-state index is 0.0657. The summed E-state index contributed by atoms with van der Waals surface area (Å²) in [7, 11) is 1.52. The van der Waals surface area contributed by atoms with E-state index in [4.69, 9.17) is 4.74 Å². The Morgan fingerprint density at radius 2 is 2.07 bits per heavy atom. The van der Waals surface area contributed by atoms with E-state index in [2.05, 4.69) is 42.5 Å². The van der Waals surface area contributed by atoms with E-state index in [1.807, 2.05) is 12.1 Å². The van der Waals surface area contributed by atoms with Gasteiger partial charge in [0.2, 0.25) is 11.8 Å². The maximum Gasteiger partial charge on any atom is 0.246 e. The average Bonchev–Trinajstić information content (AvgIpc) is 2.67. The maximum atomic E-state index is 12.4. The highest BCUT2D eigenvalue weighted by Crippen LogP contribution is 2.38. The largest absolute Gasteiger partial charge is 0.375 e. The number of rotatable bonds is 9. The second-order valence-electron chi connectivity index (χ2n) is 7.99. The number of hydrogen-bond acceptors (Lipinski definition) is 4. The number of carbonyl (C=O) groups is 2. The number of nitrogens with one attached hydrogen (secondary N) is 2. The molecule has 0 radical (unpaired) electrons. The Bertz CT molecular complexity index is 673. The smallest absolute Gasteiger partial charge is 0.246 e. The van der Waals surface area contributed by atoms with Crippen LogP contribution in [0.5, 0.6) is 0 Å². The fourth-order valence-electron chi connectivity index (χ4n) is 3.92. The van der Waals surface area contributed by atoms with Crippen molar-refractivity contribution in [2.45, 2.75) is 40.2 Å². The Labute approximate surface area is 168 Å². The van der Waals surface area contributed by atoms with Crippen LogP contribution < -0.4 is 10.6 Å². The molecule has 0 bridgehead atoms. The van der Waals surface area contributed by atoms with Crippen LogP contribution in [-0.4, -0.2) is 37.1 Å². The van der Waals surface area contributed by atoms with Gasteiger partial charge >= 0.3 is 0 Å². The number of carbonyl (C=O) groups excluding carboxylic acids is 2. The second kappa shape index (κ2) is 11.0. The summed E-state index contributed by atoms with van der Waals surface area (Å²) in [5, 5.41) is 5.96. The van der Waals surface area contributed by atoms with Gasteiger partial charge in [-0.25, -0.2) is 0 Å². The van der Waals surface area contributed by atoms with E-state index >= 15 is 0 Å². The Balaban J connectivity index is 1.93. The summed E-state index contributed by atoms with van der Waals surface area (Å²) < 4.78 is 4.88. The number of amides is 2. The number of aromatic nitrogens is 1. The lowest BCUT2D eigenvalue weighted by molar-refractivity contribution is -0.125. The lowest BCUT2D eigenvalue weighted by Gasteiger charge is -2.37. The quantitative estimate of drug-likeness (QED) is 0.639. The van der Waals surface area contributed by atoms with E-state index < -0.39 is 0 Å². The van der Waals surface area contributed by atoms with Crippen LogP contribution in [0.4, 0.5) is 0 Å². The number of allylic oxidation sites excluding steroid dienone is 1. The summed E-state index contributed by atoms with van der Waals surface area (Å²) >= 11 is 0. The molecule has 0 spiro atoms. The molecule has 0 fully saturated rings. The molecule has 0 aliphatic heterocycles. The summed E-state index contributed by atoms with van der Waals surface area (Å²) in [5.41, 5.74) is 2.23. The molecule has 2 rings (SSSR count). The number of pyridine rings is 1. The molecule has 6 nitrogen and oxygen atoms in total. The number of ether oxygens (including phenoxy) is 1. The highest BCUT2D eigenvalue weighted by atomic mass is 16.5. The first-order chi connectivity index (χ1) is 13.4. The highest BCUT2D eigenvalue weighted by Gasteiger charge is 2.32. The van der Waals surface area contributed by atoms with Crippen molar-refractivity contribution in [2.24, 2.45) is 23.7 Å². The minimum Gasteiger partial charge on any atom is -0.375 e. The fraction of sp³-hybridized carbons (Fsp3) is 0.591. The molecule has 154 valence electrons. The molecular formula is C22H33N3O3. The van der Waals surface area contributed by atoms with Gasteiger partial charge in [0.1, 0.15) is 6.61 Å². The molecule has 2 N–H and O–H groups in total. The molecule has 6 heteroatoms. The molecule has 1 aromatic heterocycles. The molecule has 0 unspecified atom stereocenters. The summed E-state index contributed by atoms with van der Waals surface area (Å²) in [6.45, 7) is 7.72. The number of methoxy groups -OCH3 is 1. The van der Waals surface area contributed by atoms with Crippen LogP contribution in [0, 0.1) is 23.7 Å². The Kier molecular flexibility index (Phi) is 8.64. The summed E-state index contributed by atoms with van der Waals surface area (Å²) in [6.07, 6.45) is 7.20. The van der Waals surface area contributed by atoms with Crippen molar-refractivity contribution in [1.29, 1.82) is 0 Å². The lowest BCUT2D eigenvalue weighted by atomic mass is 9.69. The van der Waals surface area contributed by atoms with E-state index in [1.54, 1.807) is 12.4 Å². The van der Waals surface area contributed by atoms with Crippen molar-refractivity contribution >= 4 is 11.8 Å². The Morgan fingerprint density at radius 1 is 1.29 bits per heavy atom. The molecule has 1 aliphatic rings. The van der Waals surface area contributed by atoms with Gasteiger partial charge < -0.3 is 15.4 Å². The van der Waals surface area contributed by atoms with Crippen molar-refractivity contribution in [2.75, 3.05) is 20.3 Å². The van der Waals surface area contributed by atoms with Gasteiger partial charge in [-0.2, -0.15) is 0 Å². The van der Waals surface area contributed by atoms with Crippen LogP contribution in [0.25, 0.3) is 0 Å². The molecule has 3 atom stereocenters. The third-order valence-electron chi connectivity index (χ3n) is 5.54. The monoisotopic (exact) mass is 387 g/mol. The van der Waals surface area contributed by atoms with E-state index in [1.165, 1.54) is 12.7 Å². The van der Waals surface area contributed by atoms with Crippen molar-refractivity contribution in [3.8, 4) is 0 Å². The second-order valence-corrected chi connectivity index (χ2v) is 7.99. The molecule has 1 aliphatic carbocycles. The van der Waals surface area contributed by atoms with Crippen LogP contribution >= 0.6 is 0 Å². The highest BCUT2D eigenvalue weighted by molar-refractivity contribution is 5.77. The third kappa shape index (κ3) is 6.75. The average molecular weight is 388 g/mol. The fourth-order valence-corrected chi connectivity index (χ4v) is 3.92.